The topological polar surface area (TPSA) is 77.5 Å². The number of esters is 1. The lowest BCUT2D eigenvalue weighted by atomic mass is 10.2. The highest BCUT2D eigenvalue weighted by Gasteiger charge is 2.11. The van der Waals surface area contributed by atoms with Gasteiger partial charge in [-0.15, -0.1) is 11.3 Å². The van der Waals surface area contributed by atoms with E-state index in [1.54, 1.807) is 5.38 Å². The Kier molecular flexibility index (Phi) is 5.91. The minimum absolute atomic E-state index is 0.177. The lowest BCUT2D eigenvalue weighted by molar-refractivity contribution is -0.134. The van der Waals surface area contributed by atoms with E-state index < -0.39 is 6.09 Å². The summed E-state index contributed by atoms with van der Waals surface area (Å²) in [5.41, 5.74) is 0.894. The number of hydrogen-bond donors (Lipinski definition) is 1. The molecule has 7 heteroatoms. The van der Waals surface area contributed by atoms with Crippen LogP contribution in [0.5, 0.6) is 5.88 Å². The summed E-state index contributed by atoms with van der Waals surface area (Å²) in [6.07, 6.45) is 0.434. The van der Waals surface area contributed by atoms with Crippen LogP contribution >= 0.6 is 11.3 Å². The van der Waals surface area contributed by atoms with Gasteiger partial charge in [0.1, 0.15) is 6.61 Å². The predicted molar refractivity (Wildman–Crippen MR) is 82.9 cm³/mol. The molecule has 2 rings (SSSR count). The van der Waals surface area contributed by atoms with Gasteiger partial charge in [-0.3, -0.25) is 10.1 Å². The zero-order valence-electron chi connectivity index (χ0n) is 12.1. The third kappa shape index (κ3) is 5.17. The van der Waals surface area contributed by atoms with Gasteiger partial charge >= 0.3 is 12.1 Å². The minimum Gasteiger partial charge on any atom is -0.444 e. The molecule has 6 nitrogen and oxygen atoms in total. The second-order valence-corrected chi connectivity index (χ2v) is 5.26. The number of carbonyl (C=O) groups excluding carboxylic acids is 2. The van der Waals surface area contributed by atoms with Crippen LogP contribution in [0.4, 0.5) is 9.93 Å². The summed E-state index contributed by atoms with van der Waals surface area (Å²) in [6.45, 7) is 2.06. The van der Waals surface area contributed by atoms with Gasteiger partial charge in [0.2, 0.25) is 5.88 Å². The first-order valence-corrected chi connectivity index (χ1v) is 7.69. The maximum atomic E-state index is 11.6. The molecule has 0 fully saturated rings. The van der Waals surface area contributed by atoms with Gasteiger partial charge in [0.25, 0.3) is 0 Å². The van der Waals surface area contributed by atoms with Crippen molar-refractivity contribution in [1.29, 1.82) is 0 Å². The van der Waals surface area contributed by atoms with Crippen molar-refractivity contribution in [3.63, 3.8) is 0 Å². The van der Waals surface area contributed by atoms with E-state index in [1.807, 2.05) is 37.3 Å². The first-order valence-electron chi connectivity index (χ1n) is 6.81. The molecule has 1 amide bonds. The molecular formula is C15H16N2O4S. The number of aromatic nitrogens is 1. The van der Waals surface area contributed by atoms with Gasteiger partial charge in [-0.25, -0.2) is 4.79 Å². The molecule has 0 radical (unpaired) electrons. The summed E-state index contributed by atoms with van der Waals surface area (Å²) < 4.78 is 10.1. The number of amides is 1. The molecule has 0 bridgehead atoms. The molecule has 0 aliphatic heterocycles. The average Bonchev–Trinajstić information content (AvgIpc) is 2.93. The molecule has 0 atom stereocenters. The second kappa shape index (κ2) is 8.14. The van der Waals surface area contributed by atoms with Crippen LogP contribution in [0, 0.1) is 0 Å². The van der Waals surface area contributed by atoms with E-state index in [1.165, 1.54) is 0 Å². The summed E-state index contributed by atoms with van der Waals surface area (Å²) in [4.78, 5) is 27.0. The van der Waals surface area contributed by atoms with E-state index in [2.05, 4.69) is 10.3 Å². The summed E-state index contributed by atoms with van der Waals surface area (Å²) in [5.74, 6) is -0.159. The molecular weight excluding hydrogens is 304 g/mol. The van der Waals surface area contributed by atoms with Gasteiger partial charge in [0, 0.05) is 6.42 Å². The van der Waals surface area contributed by atoms with E-state index >= 15 is 0 Å². The average molecular weight is 320 g/mol. The first-order chi connectivity index (χ1) is 10.7. The van der Waals surface area contributed by atoms with E-state index in [4.69, 9.17) is 9.47 Å². The van der Waals surface area contributed by atoms with Crippen LogP contribution in [-0.4, -0.2) is 17.0 Å². The molecule has 0 unspecified atom stereocenters. The molecule has 1 aromatic heterocycles. The fraction of sp³-hybridized carbons (Fsp3) is 0.267. The Morgan fingerprint density at radius 2 is 2.05 bits per heavy atom. The van der Waals surface area contributed by atoms with Crippen LogP contribution in [0.2, 0.25) is 0 Å². The Hall–Kier alpha value is -2.41. The van der Waals surface area contributed by atoms with Crippen molar-refractivity contribution in [1.82, 2.24) is 4.98 Å². The standard InChI is InChI=1S/C15H16N2O4S/c1-2-6-13(18)21-12-10-22-14(16-12)17-15(19)20-9-11-7-4-3-5-8-11/h3-5,7-8,10H,2,6,9H2,1H3,(H,16,17,19). The molecule has 116 valence electrons. The van der Waals surface area contributed by atoms with Crippen LogP contribution in [0.15, 0.2) is 35.7 Å². The zero-order chi connectivity index (χ0) is 15.8. The predicted octanol–water partition coefficient (Wildman–Crippen LogP) is 3.60. The highest BCUT2D eigenvalue weighted by atomic mass is 32.1. The number of carbonyl (C=O) groups is 2. The highest BCUT2D eigenvalue weighted by Crippen LogP contribution is 2.21. The fourth-order valence-corrected chi connectivity index (χ4v) is 2.18. The van der Waals surface area contributed by atoms with Gasteiger partial charge in [0.05, 0.1) is 5.38 Å². The van der Waals surface area contributed by atoms with Gasteiger partial charge in [0.15, 0.2) is 5.13 Å². The number of anilines is 1. The van der Waals surface area contributed by atoms with Crippen molar-refractivity contribution in [3.8, 4) is 5.88 Å². The van der Waals surface area contributed by atoms with Crippen molar-refractivity contribution < 1.29 is 19.1 Å². The highest BCUT2D eigenvalue weighted by molar-refractivity contribution is 7.14. The zero-order valence-corrected chi connectivity index (χ0v) is 12.9. The Morgan fingerprint density at radius 1 is 1.27 bits per heavy atom. The number of hydrogen-bond acceptors (Lipinski definition) is 6. The smallest absolute Gasteiger partial charge is 0.413 e. The number of nitrogens with zero attached hydrogens (tertiary/aromatic N) is 1. The van der Waals surface area contributed by atoms with Crippen LogP contribution in [0.25, 0.3) is 0 Å². The maximum Gasteiger partial charge on any atom is 0.413 e. The van der Waals surface area contributed by atoms with Crippen molar-refractivity contribution >= 4 is 28.5 Å². The quantitative estimate of drug-likeness (QED) is 0.823. The molecule has 0 saturated carbocycles. The van der Waals surface area contributed by atoms with Gasteiger partial charge in [-0.05, 0) is 12.0 Å². The molecule has 1 heterocycles. The van der Waals surface area contributed by atoms with E-state index in [9.17, 15) is 9.59 Å². The van der Waals surface area contributed by atoms with E-state index in [0.717, 1.165) is 16.9 Å². The summed E-state index contributed by atoms with van der Waals surface area (Å²) in [6, 6.07) is 9.35. The fourth-order valence-electron chi connectivity index (χ4n) is 1.58. The van der Waals surface area contributed by atoms with Gasteiger partial charge in [-0.1, -0.05) is 37.3 Å². The lowest BCUT2D eigenvalue weighted by Crippen LogP contribution is -2.13. The largest absolute Gasteiger partial charge is 0.444 e. The molecule has 0 aliphatic rings. The normalized spacial score (nSPS) is 10.0. The SMILES string of the molecule is CCCC(=O)Oc1csc(NC(=O)OCc2ccccc2)n1. The molecule has 1 N–H and O–H groups in total. The Morgan fingerprint density at radius 3 is 2.77 bits per heavy atom. The molecule has 0 spiro atoms. The van der Waals surface area contributed by atoms with E-state index in [0.29, 0.717) is 18.0 Å². The van der Waals surface area contributed by atoms with Gasteiger partial charge in [-0.2, -0.15) is 4.98 Å². The van der Waals surface area contributed by atoms with Crippen molar-refractivity contribution in [2.45, 2.75) is 26.4 Å². The molecule has 0 saturated heterocycles. The van der Waals surface area contributed by atoms with E-state index in [-0.39, 0.29) is 18.5 Å². The minimum atomic E-state index is -0.607. The van der Waals surface area contributed by atoms with Crippen LogP contribution < -0.4 is 10.1 Å². The Labute approximate surface area is 132 Å². The summed E-state index contributed by atoms with van der Waals surface area (Å²) in [5, 5.41) is 4.37. The molecule has 0 aliphatic carbocycles. The number of benzene rings is 1. The molecule has 22 heavy (non-hydrogen) atoms. The third-order valence-corrected chi connectivity index (χ3v) is 3.31. The van der Waals surface area contributed by atoms with Crippen LogP contribution in [0.3, 0.4) is 0 Å². The van der Waals surface area contributed by atoms with Crippen molar-refractivity contribution in [2.24, 2.45) is 0 Å². The monoisotopic (exact) mass is 320 g/mol. The lowest BCUT2D eigenvalue weighted by Gasteiger charge is -2.04. The Balaban J connectivity index is 1.79. The third-order valence-electron chi connectivity index (χ3n) is 2.58. The van der Waals surface area contributed by atoms with Crippen molar-refractivity contribution in [3.05, 3.63) is 41.3 Å². The number of rotatable bonds is 6. The second-order valence-electron chi connectivity index (χ2n) is 4.40. The maximum absolute atomic E-state index is 11.6. The van der Waals surface area contributed by atoms with Crippen molar-refractivity contribution in [2.75, 3.05) is 5.32 Å². The van der Waals surface area contributed by atoms with Crippen LogP contribution in [0.1, 0.15) is 25.3 Å². The Bertz CT molecular complexity index is 627. The number of thiazole rings is 1. The first kappa shape index (κ1) is 16.0. The van der Waals surface area contributed by atoms with Crippen LogP contribution in [-0.2, 0) is 16.1 Å². The van der Waals surface area contributed by atoms with Gasteiger partial charge < -0.3 is 9.47 Å². The number of nitrogens with one attached hydrogen (secondary N) is 1. The number of ether oxygens (including phenoxy) is 2. The summed E-state index contributed by atoms with van der Waals surface area (Å²) in [7, 11) is 0. The molecule has 2 aromatic rings. The molecule has 1 aromatic carbocycles. The summed E-state index contributed by atoms with van der Waals surface area (Å²) >= 11 is 1.16.